The summed E-state index contributed by atoms with van der Waals surface area (Å²) in [6.07, 6.45) is 8.73. The van der Waals surface area contributed by atoms with Crippen molar-refractivity contribution in [3.8, 4) is 0 Å². The third-order valence-corrected chi connectivity index (χ3v) is 3.73. The van der Waals surface area contributed by atoms with Crippen molar-refractivity contribution < 1.29 is 4.79 Å². The Labute approximate surface area is 122 Å². The lowest BCUT2D eigenvalue weighted by atomic mass is 10.2. The van der Waals surface area contributed by atoms with Crippen molar-refractivity contribution in [3.63, 3.8) is 0 Å². The van der Waals surface area contributed by atoms with Gasteiger partial charge in [0.1, 0.15) is 0 Å². The number of hydrogen-bond donors (Lipinski definition) is 1. The maximum Gasteiger partial charge on any atom is 0.276 e. The van der Waals surface area contributed by atoms with E-state index in [0.717, 1.165) is 24.9 Å². The molecule has 2 aromatic heterocycles. The molecule has 1 amide bonds. The summed E-state index contributed by atoms with van der Waals surface area (Å²) in [5.41, 5.74) is 7.10. The predicted octanol–water partition coefficient (Wildman–Crippen LogP) is 0.869. The third-order valence-electron chi connectivity index (χ3n) is 3.73. The van der Waals surface area contributed by atoms with Crippen LogP contribution in [-0.4, -0.2) is 43.1 Å². The summed E-state index contributed by atoms with van der Waals surface area (Å²) in [5.74, 6) is 0.0371. The van der Waals surface area contributed by atoms with Gasteiger partial charge in [0.15, 0.2) is 11.5 Å². The SMILES string of the molecule is Cc1cnn(C[C@H]2CCCN2C(=O)c2nccnc2N)c1. The lowest BCUT2D eigenvalue weighted by Gasteiger charge is -2.24. The van der Waals surface area contributed by atoms with Crippen molar-refractivity contribution in [2.75, 3.05) is 12.3 Å². The highest BCUT2D eigenvalue weighted by atomic mass is 16.2. The summed E-state index contributed by atoms with van der Waals surface area (Å²) in [7, 11) is 0. The molecule has 0 unspecified atom stereocenters. The van der Waals surface area contributed by atoms with Crippen LogP contribution in [0.2, 0.25) is 0 Å². The molecule has 7 nitrogen and oxygen atoms in total. The van der Waals surface area contributed by atoms with E-state index in [1.165, 1.54) is 12.4 Å². The number of hydrogen-bond acceptors (Lipinski definition) is 5. The van der Waals surface area contributed by atoms with Gasteiger partial charge in [-0.15, -0.1) is 0 Å². The van der Waals surface area contributed by atoms with Crippen LogP contribution in [0.1, 0.15) is 28.9 Å². The molecule has 0 saturated carbocycles. The molecular formula is C14H18N6O. The van der Waals surface area contributed by atoms with E-state index in [-0.39, 0.29) is 23.5 Å². The van der Waals surface area contributed by atoms with E-state index >= 15 is 0 Å². The summed E-state index contributed by atoms with van der Waals surface area (Å²) in [5, 5.41) is 4.29. The van der Waals surface area contributed by atoms with E-state index in [1.54, 1.807) is 0 Å². The Balaban J connectivity index is 1.77. The minimum Gasteiger partial charge on any atom is -0.382 e. The number of amides is 1. The van der Waals surface area contributed by atoms with Crippen molar-refractivity contribution in [2.45, 2.75) is 32.4 Å². The van der Waals surface area contributed by atoms with Gasteiger partial charge in [0.05, 0.1) is 18.8 Å². The fourth-order valence-corrected chi connectivity index (χ4v) is 2.73. The van der Waals surface area contributed by atoms with Gasteiger partial charge < -0.3 is 10.6 Å². The summed E-state index contributed by atoms with van der Waals surface area (Å²) in [6, 6.07) is 0.123. The van der Waals surface area contributed by atoms with Crippen molar-refractivity contribution in [3.05, 3.63) is 36.0 Å². The molecule has 0 radical (unpaired) electrons. The van der Waals surface area contributed by atoms with Gasteiger partial charge in [0, 0.05) is 25.1 Å². The highest BCUT2D eigenvalue weighted by molar-refractivity contribution is 5.96. The molecule has 1 aliphatic rings. The summed E-state index contributed by atoms with van der Waals surface area (Å²) >= 11 is 0. The first-order valence-electron chi connectivity index (χ1n) is 7.01. The van der Waals surface area contributed by atoms with Crippen LogP contribution >= 0.6 is 0 Å². The molecule has 0 spiro atoms. The molecule has 1 atom stereocenters. The van der Waals surface area contributed by atoms with Gasteiger partial charge in [-0.1, -0.05) is 0 Å². The van der Waals surface area contributed by atoms with Gasteiger partial charge in [0.2, 0.25) is 0 Å². The van der Waals surface area contributed by atoms with Crippen molar-refractivity contribution in [1.82, 2.24) is 24.6 Å². The van der Waals surface area contributed by atoms with E-state index in [0.29, 0.717) is 6.54 Å². The zero-order chi connectivity index (χ0) is 14.8. The lowest BCUT2D eigenvalue weighted by Crippen LogP contribution is -2.39. The normalized spacial score (nSPS) is 18.1. The number of nitrogens with two attached hydrogens (primary N) is 1. The number of nitrogen functional groups attached to an aromatic ring is 1. The summed E-state index contributed by atoms with van der Waals surface area (Å²) in [6.45, 7) is 3.42. The third kappa shape index (κ3) is 2.72. The Morgan fingerprint density at radius 3 is 2.95 bits per heavy atom. The Morgan fingerprint density at radius 1 is 1.43 bits per heavy atom. The highest BCUT2D eigenvalue weighted by Crippen LogP contribution is 2.22. The standard InChI is InChI=1S/C14H18N6O/c1-10-7-18-19(8-10)9-11-3-2-6-20(11)14(21)12-13(15)17-5-4-16-12/h4-5,7-8,11H,2-3,6,9H2,1H3,(H2,15,17)/t11-/m1/s1. The van der Waals surface area contributed by atoms with Crippen molar-refractivity contribution in [2.24, 2.45) is 0 Å². The predicted molar refractivity (Wildman–Crippen MR) is 77.5 cm³/mol. The Bertz CT molecular complexity index is 652. The van der Waals surface area contributed by atoms with E-state index in [4.69, 9.17) is 5.73 Å². The molecule has 21 heavy (non-hydrogen) atoms. The van der Waals surface area contributed by atoms with Gasteiger partial charge in [-0.25, -0.2) is 9.97 Å². The molecule has 1 fully saturated rings. The number of anilines is 1. The van der Waals surface area contributed by atoms with Gasteiger partial charge in [-0.2, -0.15) is 5.10 Å². The number of carbonyl (C=O) groups excluding carboxylic acids is 1. The summed E-state index contributed by atoms with van der Waals surface area (Å²) in [4.78, 5) is 22.4. The number of carbonyl (C=O) groups is 1. The molecule has 0 aromatic carbocycles. The van der Waals surface area contributed by atoms with Crippen LogP contribution in [0.15, 0.2) is 24.8 Å². The first-order valence-corrected chi connectivity index (χ1v) is 7.01. The number of rotatable bonds is 3. The van der Waals surface area contributed by atoms with Crippen LogP contribution in [0.3, 0.4) is 0 Å². The second-order valence-electron chi connectivity index (χ2n) is 5.32. The molecule has 2 N–H and O–H groups in total. The topological polar surface area (TPSA) is 89.9 Å². The Morgan fingerprint density at radius 2 is 2.24 bits per heavy atom. The van der Waals surface area contributed by atoms with Crippen LogP contribution in [0.5, 0.6) is 0 Å². The smallest absolute Gasteiger partial charge is 0.276 e. The fourth-order valence-electron chi connectivity index (χ4n) is 2.73. The van der Waals surface area contributed by atoms with Crippen LogP contribution in [0.25, 0.3) is 0 Å². The average molecular weight is 286 g/mol. The Kier molecular flexibility index (Phi) is 3.55. The van der Waals surface area contributed by atoms with E-state index in [9.17, 15) is 4.79 Å². The van der Waals surface area contributed by atoms with Gasteiger partial charge in [0.25, 0.3) is 5.91 Å². The molecule has 7 heteroatoms. The first kappa shape index (κ1) is 13.5. The largest absolute Gasteiger partial charge is 0.382 e. The lowest BCUT2D eigenvalue weighted by molar-refractivity contribution is 0.0716. The molecule has 0 aliphatic carbocycles. The maximum atomic E-state index is 12.6. The van der Waals surface area contributed by atoms with Crippen molar-refractivity contribution >= 4 is 11.7 Å². The van der Waals surface area contributed by atoms with Gasteiger partial charge >= 0.3 is 0 Å². The average Bonchev–Trinajstić information content (AvgIpc) is 3.08. The van der Waals surface area contributed by atoms with E-state index in [2.05, 4.69) is 15.1 Å². The second-order valence-corrected chi connectivity index (χ2v) is 5.32. The van der Waals surface area contributed by atoms with Crippen molar-refractivity contribution in [1.29, 1.82) is 0 Å². The minimum absolute atomic E-state index is 0.123. The quantitative estimate of drug-likeness (QED) is 0.904. The number of likely N-dealkylation sites (tertiary alicyclic amines) is 1. The monoisotopic (exact) mass is 286 g/mol. The van der Waals surface area contributed by atoms with E-state index < -0.39 is 0 Å². The maximum absolute atomic E-state index is 12.6. The molecule has 1 aliphatic heterocycles. The number of aromatic nitrogens is 4. The first-order chi connectivity index (χ1) is 10.1. The molecule has 0 bridgehead atoms. The molecule has 3 rings (SSSR count). The highest BCUT2D eigenvalue weighted by Gasteiger charge is 2.31. The van der Waals surface area contributed by atoms with Crippen LogP contribution in [0, 0.1) is 6.92 Å². The molecule has 3 heterocycles. The minimum atomic E-state index is -0.146. The zero-order valence-electron chi connectivity index (χ0n) is 11.9. The molecule has 1 saturated heterocycles. The Hall–Kier alpha value is -2.44. The number of nitrogens with zero attached hydrogens (tertiary/aromatic N) is 5. The summed E-state index contributed by atoms with van der Waals surface area (Å²) < 4.78 is 1.88. The van der Waals surface area contributed by atoms with Crippen LogP contribution < -0.4 is 5.73 Å². The molecule has 2 aromatic rings. The van der Waals surface area contributed by atoms with Gasteiger partial charge in [-0.3, -0.25) is 9.48 Å². The molecular weight excluding hydrogens is 268 g/mol. The fraction of sp³-hybridized carbons (Fsp3) is 0.429. The van der Waals surface area contributed by atoms with Crippen LogP contribution in [-0.2, 0) is 6.54 Å². The van der Waals surface area contributed by atoms with Crippen LogP contribution in [0.4, 0.5) is 5.82 Å². The second kappa shape index (κ2) is 5.51. The van der Waals surface area contributed by atoms with E-state index in [1.807, 2.05) is 28.9 Å². The number of aryl methyl sites for hydroxylation is 1. The molecule has 110 valence electrons. The zero-order valence-corrected chi connectivity index (χ0v) is 11.9. The van der Waals surface area contributed by atoms with Gasteiger partial charge in [-0.05, 0) is 25.3 Å².